The van der Waals surface area contributed by atoms with E-state index in [2.05, 4.69) is 64.1 Å². The quantitative estimate of drug-likeness (QED) is 0.269. The van der Waals surface area contributed by atoms with Gasteiger partial charge >= 0.3 is 0 Å². The van der Waals surface area contributed by atoms with E-state index < -0.39 is 0 Å². The van der Waals surface area contributed by atoms with Crippen molar-refractivity contribution in [1.82, 2.24) is 14.5 Å². The average molecular weight is 488 g/mol. The van der Waals surface area contributed by atoms with Gasteiger partial charge in [0.1, 0.15) is 5.82 Å². The van der Waals surface area contributed by atoms with Gasteiger partial charge in [-0.15, -0.1) is 0 Å². The Morgan fingerprint density at radius 2 is 1.56 bits per heavy atom. The third kappa shape index (κ3) is 5.25. The van der Waals surface area contributed by atoms with Gasteiger partial charge in [0.15, 0.2) is 0 Å². The minimum absolute atomic E-state index is 0.0225. The van der Waals surface area contributed by atoms with E-state index in [9.17, 15) is 0 Å². The van der Waals surface area contributed by atoms with E-state index in [1.165, 1.54) is 49.6 Å². The SMILES string of the molecule is NCCCCCC(N)c1nc2ccccc2n1C1CCN(C2(c3ccccc3)CCCCCC2)CC1. The lowest BCUT2D eigenvalue weighted by Gasteiger charge is -2.48. The number of aromatic nitrogens is 2. The van der Waals surface area contributed by atoms with E-state index in [4.69, 9.17) is 16.5 Å². The van der Waals surface area contributed by atoms with Crippen molar-refractivity contribution in [2.75, 3.05) is 19.6 Å². The molecular formula is C31H45N5. The molecule has 0 spiro atoms. The van der Waals surface area contributed by atoms with Crippen LogP contribution in [-0.4, -0.2) is 34.1 Å². The second-order valence-corrected chi connectivity index (χ2v) is 11.1. The van der Waals surface area contributed by atoms with Crippen molar-refractivity contribution in [3.05, 3.63) is 66.0 Å². The normalized spacial score (nSPS) is 20.4. The number of nitrogens with two attached hydrogens (primary N) is 2. The maximum Gasteiger partial charge on any atom is 0.127 e. The Morgan fingerprint density at radius 3 is 2.28 bits per heavy atom. The summed E-state index contributed by atoms with van der Waals surface area (Å²) in [4.78, 5) is 7.91. The monoisotopic (exact) mass is 487 g/mol. The Morgan fingerprint density at radius 1 is 0.861 bits per heavy atom. The number of piperidine rings is 1. The highest BCUT2D eigenvalue weighted by atomic mass is 15.2. The van der Waals surface area contributed by atoms with Crippen LogP contribution in [-0.2, 0) is 5.54 Å². The maximum atomic E-state index is 6.78. The lowest BCUT2D eigenvalue weighted by Crippen LogP contribution is -2.50. The summed E-state index contributed by atoms with van der Waals surface area (Å²) in [6.45, 7) is 3.03. The Balaban J connectivity index is 1.38. The van der Waals surface area contributed by atoms with E-state index in [1.807, 2.05) is 0 Å². The summed E-state index contributed by atoms with van der Waals surface area (Å²) in [5, 5.41) is 0. The summed E-state index contributed by atoms with van der Waals surface area (Å²) in [7, 11) is 0. The second kappa shape index (κ2) is 11.9. The number of hydrogen-bond acceptors (Lipinski definition) is 4. The fourth-order valence-electron chi connectivity index (χ4n) is 6.92. The molecule has 1 saturated heterocycles. The van der Waals surface area contributed by atoms with Gasteiger partial charge < -0.3 is 16.0 Å². The number of imidazole rings is 1. The van der Waals surface area contributed by atoms with Gasteiger partial charge in [0.05, 0.1) is 17.1 Å². The molecule has 2 fully saturated rings. The molecule has 0 radical (unpaired) electrons. The number of para-hydroxylation sites is 2. The molecule has 36 heavy (non-hydrogen) atoms. The minimum Gasteiger partial charge on any atom is -0.330 e. The van der Waals surface area contributed by atoms with Crippen LogP contribution in [0.3, 0.4) is 0 Å². The van der Waals surface area contributed by atoms with Gasteiger partial charge in [0.2, 0.25) is 0 Å². The van der Waals surface area contributed by atoms with Crippen molar-refractivity contribution in [1.29, 1.82) is 0 Å². The highest BCUT2D eigenvalue weighted by Gasteiger charge is 2.40. The van der Waals surface area contributed by atoms with Gasteiger partial charge in [-0.25, -0.2) is 4.98 Å². The maximum absolute atomic E-state index is 6.78. The first kappa shape index (κ1) is 25.4. The fraction of sp³-hybridized carbons (Fsp3) is 0.581. The van der Waals surface area contributed by atoms with Crippen LogP contribution in [0, 0.1) is 0 Å². The zero-order chi connectivity index (χ0) is 24.8. The first-order valence-electron chi connectivity index (χ1n) is 14.5. The number of likely N-dealkylation sites (tertiary alicyclic amines) is 1. The fourth-order valence-corrected chi connectivity index (χ4v) is 6.92. The number of hydrogen-bond donors (Lipinski definition) is 2. The Bertz CT molecular complexity index is 1070. The second-order valence-electron chi connectivity index (χ2n) is 11.1. The number of rotatable bonds is 9. The molecule has 4 N–H and O–H groups in total. The zero-order valence-corrected chi connectivity index (χ0v) is 22.0. The molecule has 1 saturated carbocycles. The van der Waals surface area contributed by atoms with Crippen molar-refractivity contribution >= 4 is 11.0 Å². The van der Waals surface area contributed by atoms with Crippen LogP contribution in [0.15, 0.2) is 54.6 Å². The first-order chi connectivity index (χ1) is 17.7. The topological polar surface area (TPSA) is 73.1 Å². The van der Waals surface area contributed by atoms with Crippen LogP contribution in [0.5, 0.6) is 0 Å². The number of fused-ring (bicyclic) bond motifs is 1. The molecule has 5 heteroatoms. The highest BCUT2D eigenvalue weighted by Crippen LogP contribution is 2.44. The molecule has 0 amide bonds. The van der Waals surface area contributed by atoms with E-state index in [0.29, 0.717) is 6.04 Å². The number of nitrogens with zero attached hydrogens (tertiary/aromatic N) is 3. The molecule has 1 aliphatic carbocycles. The molecule has 0 bridgehead atoms. The van der Waals surface area contributed by atoms with Crippen molar-refractivity contribution < 1.29 is 0 Å². The Labute approximate surface area is 217 Å². The smallest absolute Gasteiger partial charge is 0.127 e. The summed E-state index contributed by atoms with van der Waals surface area (Å²) >= 11 is 0. The van der Waals surface area contributed by atoms with Crippen molar-refractivity contribution in [2.45, 2.75) is 94.7 Å². The van der Waals surface area contributed by atoms with E-state index in [1.54, 1.807) is 0 Å². The van der Waals surface area contributed by atoms with Gasteiger partial charge in [-0.2, -0.15) is 0 Å². The van der Waals surface area contributed by atoms with Crippen LogP contribution in [0.25, 0.3) is 11.0 Å². The summed E-state index contributed by atoms with van der Waals surface area (Å²) in [6, 6.07) is 20.4. The van der Waals surface area contributed by atoms with Gasteiger partial charge in [-0.05, 0) is 62.8 Å². The molecule has 1 atom stereocenters. The molecule has 1 unspecified atom stereocenters. The highest BCUT2D eigenvalue weighted by molar-refractivity contribution is 5.76. The van der Waals surface area contributed by atoms with Crippen molar-refractivity contribution in [3.8, 4) is 0 Å². The van der Waals surface area contributed by atoms with Crippen LogP contribution >= 0.6 is 0 Å². The third-order valence-electron chi connectivity index (χ3n) is 8.85. The summed E-state index contributed by atoms with van der Waals surface area (Å²) < 4.78 is 2.52. The third-order valence-corrected chi connectivity index (χ3v) is 8.85. The van der Waals surface area contributed by atoms with Crippen molar-refractivity contribution in [2.24, 2.45) is 11.5 Å². The van der Waals surface area contributed by atoms with Crippen LogP contribution in [0.2, 0.25) is 0 Å². The molecule has 5 nitrogen and oxygen atoms in total. The predicted octanol–water partition coefficient (Wildman–Crippen LogP) is 6.44. The molecule has 2 heterocycles. The Kier molecular flexibility index (Phi) is 8.40. The summed E-state index contributed by atoms with van der Waals surface area (Å²) in [6.07, 6.45) is 14.6. The van der Waals surface area contributed by atoms with Crippen LogP contribution < -0.4 is 11.5 Å². The molecule has 2 aliphatic rings. The first-order valence-corrected chi connectivity index (χ1v) is 14.5. The molecule has 3 aromatic rings. The van der Waals surface area contributed by atoms with Gasteiger partial charge in [-0.1, -0.05) is 81.0 Å². The van der Waals surface area contributed by atoms with E-state index in [-0.39, 0.29) is 11.6 Å². The lowest BCUT2D eigenvalue weighted by molar-refractivity contribution is 0.0354. The molecular weight excluding hydrogens is 442 g/mol. The standard InChI is InChI=1S/C31H45N5/c32-22-12-4-7-15-27(33)30-34-28-16-8-9-17-29(28)36(30)26-18-23-35(24-19-26)31(20-10-1-2-11-21-31)25-13-5-3-6-14-25/h3,5-6,8-9,13-14,16-17,26-27H,1-2,4,7,10-12,15,18-24,32-33H2. The zero-order valence-electron chi connectivity index (χ0n) is 22.0. The molecule has 2 aromatic carbocycles. The molecule has 5 rings (SSSR count). The number of unbranched alkanes of at least 4 members (excludes halogenated alkanes) is 2. The Hall–Kier alpha value is -2.21. The van der Waals surface area contributed by atoms with Gasteiger partial charge in [-0.3, -0.25) is 4.90 Å². The molecule has 1 aliphatic heterocycles. The van der Waals surface area contributed by atoms with E-state index in [0.717, 1.165) is 69.5 Å². The average Bonchev–Trinajstić information content (AvgIpc) is 3.14. The van der Waals surface area contributed by atoms with Crippen LogP contribution in [0.1, 0.15) is 101 Å². The van der Waals surface area contributed by atoms with E-state index >= 15 is 0 Å². The predicted molar refractivity (Wildman–Crippen MR) is 150 cm³/mol. The molecule has 194 valence electrons. The van der Waals surface area contributed by atoms with Gasteiger partial charge in [0, 0.05) is 24.7 Å². The lowest BCUT2D eigenvalue weighted by atomic mass is 9.79. The number of benzene rings is 2. The largest absolute Gasteiger partial charge is 0.330 e. The van der Waals surface area contributed by atoms with Gasteiger partial charge in [0.25, 0.3) is 0 Å². The summed E-state index contributed by atoms with van der Waals surface area (Å²) in [5.74, 6) is 1.08. The minimum atomic E-state index is -0.0225. The molecule has 1 aromatic heterocycles. The van der Waals surface area contributed by atoms with Crippen molar-refractivity contribution in [3.63, 3.8) is 0 Å². The van der Waals surface area contributed by atoms with Crippen LogP contribution in [0.4, 0.5) is 0 Å². The summed E-state index contributed by atoms with van der Waals surface area (Å²) in [5.41, 5.74) is 16.5.